The largest absolute Gasteiger partial charge is 0.436 e. The summed E-state index contributed by atoms with van der Waals surface area (Å²) in [6, 6.07) is 52.5. The Morgan fingerprint density at radius 1 is 0.449 bits per heavy atom. The number of benzene rings is 7. The maximum atomic E-state index is 13.1. The third-order valence-corrected chi connectivity index (χ3v) is 10.1. The lowest BCUT2D eigenvalue weighted by atomic mass is 10.1. The molecule has 0 aliphatic heterocycles. The van der Waals surface area contributed by atoms with Gasteiger partial charge < -0.3 is 13.6 Å². The summed E-state index contributed by atoms with van der Waals surface area (Å²) < 4.78 is 11.0. The van der Waals surface area contributed by atoms with Crippen molar-refractivity contribution < 1.29 is 9.21 Å². The first-order chi connectivity index (χ1) is 24.2. The van der Waals surface area contributed by atoms with E-state index in [0.29, 0.717) is 22.6 Å². The zero-order valence-corrected chi connectivity index (χ0v) is 26.1. The van der Waals surface area contributed by atoms with Gasteiger partial charge in [-0.05, 0) is 83.9 Å². The van der Waals surface area contributed by atoms with Gasteiger partial charge in [-0.15, -0.1) is 0 Å². The first kappa shape index (κ1) is 26.4. The molecular weight excluding hydrogens is 603 g/mol. The number of hydrogen-bond acceptors (Lipinski definition) is 3. The highest BCUT2D eigenvalue weighted by Gasteiger charge is 2.28. The van der Waals surface area contributed by atoms with Crippen molar-refractivity contribution in [3.05, 3.63) is 163 Å². The molecule has 5 heteroatoms. The van der Waals surface area contributed by atoms with E-state index >= 15 is 0 Å². The van der Waals surface area contributed by atoms with Crippen LogP contribution in [0.15, 0.2) is 156 Å². The van der Waals surface area contributed by atoms with Crippen molar-refractivity contribution in [1.82, 2.24) is 14.1 Å². The molecule has 0 saturated carbocycles. The summed E-state index contributed by atoms with van der Waals surface area (Å²) in [5.41, 5.74) is 12.4. The van der Waals surface area contributed by atoms with Gasteiger partial charge in [0.1, 0.15) is 5.52 Å². The number of fused-ring (bicyclic) bond motifs is 10. The molecule has 0 N–H and O–H groups in total. The maximum Gasteiger partial charge on any atom is 0.227 e. The molecule has 3 heterocycles. The van der Waals surface area contributed by atoms with Crippen LogP contribution in [0, 0.1) is 0 Å². The third-order valence-electron chi connectivity index (χ3n) is 10.1. The van der Waals surface area contributed by atoms with Crippen LogP contribution in [0.5, 0.6) is 0 Å². The Morgan fingerprint density at radius 3 is 1.69 bits per heavy atom. The van der Waals surface area contributed by atoms with Crippen molar-refractivity contribution in [3.8, 4) is 34.0 Å². The summed E-state index contributed by atoms with van der Waals surface area (Å²) >= 11 is 0. The van der Waals surface area contributed by atoms with E-state index in [0.717, 1.165) is 44.7 Å². The molecule has 3 aromatic heterocycles. The van der Waals surface area contributed by atoms with Crippen LogP contribution in [0.2, 0.25) is 0 Å². The first-order valence-corrected chi connectivity index (χ1v) is 16.4. The summed E-state index contributed by atoms with van der Waals surface area (Å²) in [6.45, 7) is 0. The van der Waals surface area contributed by atoms with E-state index in [1.165, 1.54) is 32.6 Å². The van der Waals surface area contributed by atoms with E-state index in [2.05, 4.69) is 124 Å². The van der Waals surface area contributed by atoms with Crippen LogP contribution < -0.4 is 0 Å². The fourth-order valence-electron chi connectivity index (χ4n) is 7.89. The van der Waals surface area contributed by atoms with Crippen LogP contribution in [0.1, 0.15) is 15.9 Å². The van der Waals surface area contributed by atoms with Gasteiger partial charge in [0.2, 0.25) is 5.89 Å². The number of para-hydroxylation sites is 3. The minimum atomic E-state index is 0.0366. The molecule has 49 heavy (non-hydrogen) atoms. The van der Waals surface area contributed by atoms with Crippen molar-refractivity contribution in [2.75, 3.05) is 0 Å². The van der Waals surface area contributed by atoms with Gasteiger partial charge in [0.15, 0.2) is 11.4 Å². The minimum Gasteiger partial charge on any atom is -0.436 e. The lowest BCUT2D eigenvalue weighted by molar-refractivity contribution is 0.104. The number of ketones is 1. The standard InChI is InChI=1S/C44H25N3O2/c48-43-32-15-5-4-12-29(32)33-25-42-37(22-36(33)43)45-44(49-42)26-18-20-28(21-19-26)47-39-17-9-7-14-31(39)35-23-40-34(24-41(35)47)30-13-6-8-16-38(30)46(40)27-10-2-1-3-11-27/h1-25H. The zero-order valence-electron chi connectivity index (χ0n) is 26.1. The molecule has 11 rings (SSSR count). The Balaban J connectivity index is 1.07. The highest BCUT2D eigenvalue weighted by atomic mass is 16.3. The lowest BCUT2D eigenvalue weighted by Gasteiger charge is -2.09. The molecule has 5 nitrogen and oxygen atoms in total. The number of carbonyl (C=O) groups excluding carboxylic acids is 1. The minimum absolute atomic E-state index is 0.0366. The Labute approximate surface area is 279 Å². The van der Waals surface area contributed by atoms with E-state index in [9.17, 15) is 4.79 Å². The van der Waals surface area contributed by atoms with Gasteiger partial charge in [-0.2, -0.15) is 0 Å². The molecule has 0 spiro atoms. The Bertz CT molecular complexity index is 3000. The van der Waals surface area contributed by atoms with Crippen molar-refractivity contribution in [2.45, 2.75) is 0 Å². The fourth-order valence-corrected chi connectivity index (χ4v) is 7.89. The predicted octanol–water partition coefficient (Wildman–Crippen LogP) is 10.9. The first-order valence-electron chi connectivity index (χ1n) is 16.4. The van der Waals surface area contributed by atoms with Gasteiger partial charge in [0, 0.05) is 49.6 Å². The summed E-state index contributed by atoms with van der Waals surface area (Å²) in [7, 11) is 0. The average Bonchev–Trinajstić information content (AvgIpc) is 3.89. The zero-order chi connectivity index (χ0) is 32.2. The molecule has 0 atom stereocenters. The molecular formula is C44H25N3O2. The van der Waals surface area contributed by atoms with Gasteiger partial charge in [0.05, 0.1) is 22.1 Å². The highest BCUT2D eigenvalue weighted by Crippen LogP contribution is 2.41. The molecule has 10 aromatic rings. The van der Waals surface area contributed by atoms with Gasteiger partial charge in [0.25, 0.3) is 0 Å². The molecule has 1 aliphatic carbocycles. The van der Waals surface area contributed by atoms with E-state index in [1.807, 2.05) is 36.4 Å². The average molecular weight is 628 g/mol. The topological polar surface area (TPSA) is 53.0 Å². The van der Waals surface area contributed by atoms with Crippen molar-refractivity contribution in [2.24, 2.45) is 0 Å². The molecule has 228 valence electrons. The molecule has 0 saturated heterocycles. The Hall–Kier alpha value is -6.72. The maximum absolute atomic E-state index is 13.1. The molecule has 7 aromatic carbocycles. The van der Waals surface area contributed by atoms with Crippen molar-refractivity contribution >= 4 is 60.5 Å². The van der Waals surface area contributed by atoms with E-state index in [4.69, 9.17) is 9.40 Å². The summed E-state index contributed by atoms with van der Waals surface area (Å²) in [4.78, 5) is 17.9. The number of aromatic nitrogens is 3. The highest BCUT2D eigenvalue weighted by molar-refractivity contribution is 6.23. The lowest BCUT2D eigenvalue weighted by Crippen LogP contribution is -1.94. The van der Waals surface area contributed by atoms with Gasteiger partial charge in [-0.1, -0.05) is 78.9 Å². The smallest absolute Gasteiger partial charge is 0.227 e. The second-order valence-corrected chi connectivity index (χ2v) is 12.7. The number of nitrogens with zero attached hydrogens (tertiary/aromatic N) is 3. The number of oxazole rings is 1. The van der Waals surface area contributed by atoms with Crippen LogP contribution >= 0.6 is 0 Å². The quantitative estimate of drug-likeness (QED) is 0.196. The van der Waals surface area contributed by atoms with E-state index < -0.39 is 0 Å². The van der Waals surface area contributed by atoms with Gasteiger partial charge >= 0.3 is 0 Å². The normalized spacial score (nSPS) is 12.5. The molecule has 0 fully saturated rings. The van der Waals surface area contributed by atoms with Crippen molar-refractivity contribution in [3.63, 3.8) is 0 Å². The van der Waals surface area contributed by atoms with Crippen LogP contribution in [-0.2, 0) is 0 Å². The van der Waals surface area contributed by atoms with Crippen molar-refractivity contribution in [1.29, 1.82) is 0 Å². The van der Waals surface area contributed by atoms with E-state index in [-0.39, 0.29) is 5.78 Å². The molecule has 0 amide bonds. The van der Waals surface area contributed by atoms with Gasteiger partial charge in [-0.3, -0.25) is 4.79 Å². The second-order valence-electron chi connectivity index (χ2n) is 12.7. The number of carbonyl (C=O) groups is 1. The van der Waals surface area contributed by atoms with Gasteiger partial charge in [-0.25, -0.2) is 4.98 Å². The SMILES string of the molecule is O=C1c2ccccc2-c2cc3oc(-c4ccc(-n5c6ccccc6c6cc7c(cc65)c5ccccc5n7-c5ccccc5)cc4)nc3cc21. The number of hydrogen-bond donors (Lipinski definition) is 0. The van der Waals surface area contributed by atoms with Crippen LogP contribution in [0.3, 0.4) is 0 Å². The predicted molar refractivity (Wildman–Crippen MR) is 197 cm³/mol. The summed E-state index contributed by atoms with van der Waals surface area (Å²) in [6.07, 6.45) is 0. The van der Waals surface area contributed by atoms with Crippen LogP contribution in [0.25, 0.3) is 88.7 Å². The Morgan fingerprint density at radius 2 is 1.02 bits per heavy atom. The second kappa shape index (κ2) is 9.66. The molecule has 1 aliphatic rings. The molecule has 0 radical (unpaired) electrons. The summed E-state index contributed by atoms with van der Waals surface area (Å²) in [5.74, 6) is 0.568. The third kappa shape index (κ3) is 3.64. The number of rotatable bonds is 3. The fraction of sp³-hybridized carbons (Fsp3) is 0. The monoisotopic (exact) mass is 627 g/mol. The van der Waals surface area contributed by atoms with E-state index in [1.54, 1.807) is 0 Å². The molecule has 0 bridgehead atoms. The molecule has 0 unspecified atom stereocenters. The summed E-state index contributed by atoms with van der Waals surface area (Å²) in [5, 5.41) is 4.85. The van der Waals surface area contributed by atoms with Crippen LogP contribution in [0.4, 0.5) is 0 Å². The Kier molecular flexibility index (Phi) is 5.19. The van der Waals surface area contributed by atoms with Crippen LogP contribution in [-0.4, -0.2) is 19.9 Å².